The molecule has 3 aromatic rings. The number of hydrogen-bond donors (Lipinski definition) is 1. The highest BCUT2D eigenvalue weighted by Gasteiger charge is 2.16. The van der Waals surface area contributed by atoms with Crippen LogP contribution in [0.5, 0.6) is 11.5 Å². The van der Waals surface area contributed by atoms with Gasteiger partial charge in [-0.05, 0) is 48.4 Å². The number of ether oxygens (including phenoxy) is 2. The maximum Gasteiger partial charge on any atom is 0.341 e. The van der Waals surface area contributed by atoms with Crippen LogP contribution in [0.1, 0.15) is 37.6 Å². The van der Waals surface area contributed by atoms with E-state index in [9.17, 15) is 9.59 Å². The fourth-order valence-corrected chi connectivity index (χ4v) is 3.29. The fourth-order valence-electron chi connectivity index (χ4n) is 2.93. The summed E-state index contributed by atoms with van der Waals surface area (Å²) in [6.45, 7) is 3.54. The molecule has 8 nitrogen and oxygen atoms in total. The third-order valence-electron chi connectivity index (χ3n) is 4.75. The van der Waals surface area contributed by atoms with E-state index in [0.29, 0.717) is 33.8 Å². The highest BCUT2D eigenvalue weighted by Crippen LogP contribution is 2.27. The number of fused-ring (bicyclic) bond motifs is 1. The van der Waals surface area contributed by atoms with Gasteiger partial charge in [0.15, 0.2) is 18.1 Å². The Balaban J connectivity index is 2.04. The molecule has 0 radical (unpaired) electrons. The van der Waals surface area contributed by atoms with Crippen molar-refractivity contribution in [2.45, 2.75) is 26.2 Å². The predicted octanol–water partition coefficient (Wildman–Crippen LogP) is 4.03. The zero-order valence-electron chi connectivity index (χ0n) is 17.3. The lowest BCUT2D eigenvalue weighted by atomic mass is 10.1. The molecule has 0 bridgehead atoms. The fraction of sp³-hybridized carbons (Fsp3) is 0.273. The SMILES string of the molecule is CC[C@@H](C)c1nc2ccc(Br)cc2c(=O)n1N=Cc1ccc(OCC(=O)O)c(OC)c1. The van der Waals surface area contributed by atoms with Crippen molar-refractivity contribution in [3.05, 3.63) is 62.6 Å². The monoisotopic (exact) mass is 487 g/mol. The van der Waals surface area contributed by atoms with Crippen LogP contribution in [0.3, 0.4) is 0 Å². The van der Waals surface area contributed by atoms with E-state index < -0.39 is 12.6 Å². The molecule has 1 atom stereocenters. The first-order chi connectivity index (χ1) is 14.8. The molecule has 2 aromatic carbocycles. The average molecular weight is 488 g/mol. The number of rotatable bonds is 8. The average Bonchev–Trinajstić information content (AvgIpc) is 2.76. The highest BCUT2D eigenvalue weighted by atomic mass is 79.9. The van der Waals surface area contributed by atoms with E-state index in [1.54, 1.807) is 24.3 Å². The van der Waals surface area contributed by atoms with Crippen molar-refractivity contribution in [1.29, 1.82) is 0 Å². The minimum atomic E-state index is -1.08. The predicted molar refractivity (Wildman–Crippen MR) is 122 cm³/mol. The lowest BCUT2D eigenvalue weighted by Crippen LogP contribution is -2.23. The number of carboxylic acids is 1. The first-order valence-electron chi connectivity index (χ1n) is 9.63. The smallest absolute Gasteiger partial charge is 0.341 e. The molecule has 0 saturated heterocycles. The molecular weight excluding hydrogens is 466 g/mol. The lowest BCUT2D eigenvalue weighted by molar-refractivity contribution is -0.139. The second kappa shape index (κ2) is 9.74. The van der Waals surface area contributed by atoms with Crippen molar-refractivity contribution in [1.82, 2.24) is 9.66 Å². The van der Waals surface area contributed by atoms with E-state index in [-0.39, 0.29) is 11.5 Å². The molecule has 0 amide bonds. The molecule has 0 aliphatic heterocycles. The van der Waals surface area contributed by atoms with Crippen LogP contribution in [-0.4, -0.2) is 40.7 Å². The second-order valence-electron chi connectivity index (χ2n) is 6.90. The number of carbonyl (C=O) groups is 1. The van der Waals surface area contributed by atoms with Gasteiger partial charge in [-0.2, -0.15) is 9.78 Å². The molecule has 3 rings (SSSR count). The third kappa shape index (κ3) is 5.11. The molecular formula is C22H22BrN3O5. The minimum absolute atomic E-state index is 0.0271. The van der Waals surface area contributed by atoms with E-state index in [2.05, 4.69) is 26.0 Å². The van der Waals surface area contributed by atoms with Crippen molar-refractivity contribution in [3.8, 4) is 11.5 Å². The molecule has 0 saturated carbocycles. The molecule has 0 spiro atoms. The van der Waals surface area contributed by atoms with Crippen LogP contribution in [0.4, 0.5) is 0 Å². The van der Waals surface area contributed by atoms with Gasteiger partial charge in [0, 0.05) is 10.4 Å². The number of nitrogens with zero attached hydrogens (tertiary/aromatic N) is 3. The first-order valence-corrected chi connectivity index (χ1v) is 10.4. The largest absolute Gasteiger partial charge is 0.493 e. The van der Waals surface area contributed by atoms with E-state index in [4.69, 9.17) is 14.6 Å². The summed E-state index contributed by atoms with van der Waals surface area (Å²) in [7, 11) is 1.46. The van der Waals surface area contributed by atoms with E-state index in [0.717, 1.165) is 10.9 Å². The summed E-state index contributed by atoms with van der Waals surface area (Å²) >= 11 is 3.40. The Labute approximate surface area is 187 Å². The Bertz CT molecular complexity index is 1210. The number of aromatic nitrogens is 2. The van der Waals surface area contributed by atoms with Gasteiger partial charge in [-0.3, -0.25) is 4.79 Å². The van der Waals surface area contributed by atoms with Gasteiger partial charge in [-0.1, -0.05) is 29.8 Å². The molecule has 0 fully saturated rings. The third-order valence-corrected chi connectivity index (χ3v) is 5.24. The highest BCUT2D eigenvalue weighted by molar-refractivity contribution is 9.10. The Hall–Kier alpha value is -3.20. The maximum atomic E-state index is 13.2. The van der Waals surface area contributed by atoms with Crippen molar-refractivity contribution < 1.29 is 19.4 Å². The molecule has 0 aliphatic rings. The van der Waals surface area contributed by atoms with Crippen LogP contribution in [-0.2, 0) is 4.79 Å². The van der Waals surface area contributed by atoms with Crippen LogP contribution in [0.25, 0.3) is 10.9 Å². The van der Waals surface area contributed by atoms with E-state index in [1.165, 1.54) is 18.0 Å². The van der Waals surface area contributed by atoms with Gasteiger partial charge < -0.3 is 14.6 Å². The van der Waals surface area contributed by atoms with Crippen LogP contribution in [0.2, 0.25) is 0 Å². The Morgan fingerprint density at radius 2 is 2.06 bits per heavy atom. The number of methoxy groups -OCH3 is 1. The summed E-state index contributed by atoms with van der Waals surface area (Å²) in [5.41, 5.74) is 1.01. The molecule has 162 valence electrons. The van der Waals surface area contributed by atoms with Crippen molar-refractivity contribution in [3.63, 3.8) is 0 Å². The Morgan fingerprint density at radius 3 is 2.74 bits per heavy atom. The zero-order valence-corrected chi connectivity index (χ0v) is 18.9. The molecule has 31 heavy (non-hydrogen) atoms. The van der Waals surface area contributed by atoms with Gasteiger partial charge in [0.1, 0.15) is 5.82 Å². The lowest BCUT2D eigenvalue weighted by Gasteiger charge is -2.14. The topological polar surface area (TPSA) is 103 Å². The quantitative estimate of drug-likeness (QED) is 0.481. The van der Waals surface area contributed by atoms with Crippen LogP contribution >= 0.6 is 15.9 Å². The summed E-state index contributed by atoms with van der Waals surface area (Å²) in [6.07, 6.45) is 2.33. The summed E-state index contributed by atoms with van der Waals surface area (Å²) < 4.78 is 12.6. The zero-order chi connectivity index (χ0) is 22.5. The summed E-state index contributed by atoms with van der Waals surface area (Å²) in [4.78, 5) is 28.6. The molecule has 0 unspecified atom stereocenters. The maximum absolute atomic E-state index is 13.2. The molecule has 1 heterocycles. The van der Waals surface area contributed by atoms with Crippen molar-refractivity contribution >= 4 is 39.0 Å². The molecule has 1 N–H and O–H groups in total. The van der Waals surface area contributed by atoms with E-state index >= 15 is 0 Å². The van der Waals surface area contributed by atoms with Gasteiger partial charge in [-0.15, -0.1) is 0 Å². The van der Waals surface area contributed by atoms with Crippen molar-refractivity contribution in [2.24, 2.45) is 5.10 Å². The van der Waals surface area contributed by atoms with Crippen molar-refractivity contribution in [2.75, 3.05) is 13.7 Å². The first kappa shape index (κ1) is 22.5. The summed E-state index contributed by atoms with van der Waals surface area (Å²) in [5, 5.41) is 13.7. The normalized spacial score (nSPS) is 12.3. The molecule has 9 heteroatoms. The number of hydrogen-bond acceptors (Lipinski definition) is 6. The standard InChI is InChI=1S/C22H22BrN3O5/c1-4-13(2)21-25-17-7-6-15(23)10-16(17)22(29)26(21)24-11-14-5-8-18(19(9-14)30-3)31-12-20(27)28/h5-11,13H,4,12H2,1-3H3,(H,27,28)/t13-/m1/s1. The van der Waals surface area contributed by atoms with Gasteiger partial charge in [-0.25, -0.2) is 9.78 Å². The molecule has 1 aromatic heterocycles. The van der Waals surface area contributed by atoms with Crippen LogP contribution in [0.15, 0.2) is 50.8 Å². The number of aliphatic carboxylic acids is 1. The second-order valence-corrected chi connectivity index (χ2v) is 7.81. The number of halogens is 1. The number of benzene rings is 2. The minimum Gasteiger partial charge on any atom is -0.493 e. The summed E-state index contributed by atoms with van der Waals surface area (Å²) in [5.74, 6) is 0.184. The van der Waals surface area contributed by atoms with Gasteiger partial charge >= 0.3 is 5.97 Å². The van der Waals surface area contributed by atoms with Gasteiger partial charge in [0.2, 0.25) is 0 Å². The van der Waals surface area contributed by atoms with Crippen LogP contribution < -0.4 is 15.0 Å². The Morgan fingerprint density at radius 1 is 1.29 bits per heavy atom. The summed E-state index contributed by atoms with van der Waals surface area (Å²) in [6, 6.07) is 10.3. The van der Waals surface area contributed by atoms with Crippen LogP contribution in [0, 0.1) is 0 Å². The Kier molecular flexibility index (Phi) is 7.06. The van der Waals surface area contributed by atoms with Gasteiger partial charge in [0.25, 0.3) is 5.56 Å². The van der Waals surface area contributed by atoms with E-state index in [1.807, 2.05) is 26.0 Å². The number of carboxylic acid groups (broad SMARTS) is 1. The van der Waals surface area contributed by atoms with Gasteiger partial charge in [0.05, 0.1) is 24.2 Å². The molecule has 0 aliphatic carbocycles.